The van der Waals surface area contributed by atoms with Gasteiger partial charge in [0.05, 0.1) is 25.5 Å². The highest BCUT2D eigenvalue weighted by atomic mass is 16.5. The van der Waals surface area contributed by atoms with E-state index < -0.39 is 6.10 Å². The number of fused-ring (bicyclic) bond motifs is 1. The highest BCUT2D eigenvalue weighted by Gasteiger charge is 2.24. The normalized spacial score (nSPS) is 16.4. The number of H-pyrrole nitrogens is 1. The van der Waals surface area contributed by atoms with Gasteiger partial charge >= 0.3 is 0 Å². The molecule has 1 aliphatic rings. The van der Waals surface area contributed by atoms with Crippen LogP contribution in [-0.2, 0) is 6.54 Å². The van der Waals surface area contributed by atoms with E-state index in [-0.39, 0.29) is 0 Å². The molecular formula is C20H26N4O2. The summed E-state index contributed by atoms with van der Waals surface area (Å²) in [7, 11) is 1.67. The van der Waals surface area contributed by atoms with Crippen molar-refractivity contribution in [2.24, 2.45) is 0 Å². The van der Waals surface area contributed by atoms with Gasteiger partial charge in [-0.25, -0.2) is 9.67 Å². The lowest BCUT2D eigenvalue weighted by Gasteiger charge is -2.09. The molecule has 1 aliphatic carbocycles. The van der Waals surface area contributed by atoms with Gasteiger partial charge in [-0.15, -0.1) is 0 Å². The van der Waals surface area contributed by atoms with Gasteiger partial charge in [-0.2, -0.15) is 5.10 Å². The zero-order valence-corrected chi connectivity index (χ0v) is 15.4. The Kier molecular flexibility index (Phi) is 4.68. The number of methoxy groups -OCH3 is 1. The van der Waals surface area contributed by atoms with Crippen LogP contribution in [0.1, 0.15) is 50.8 Å². The summed E-state index contributed by atoms with van der Waals surface area (Å²) in [5, 5.41) is 16.0. The van der Waals surface area contributed by atoms with E-state index in [4.69, 9.17) is 14.8 Å². The van der Waals surface area contributed by atoms with Gasteiger partial charge in [0.15, 0.2) is 11.6 Å². The molecule has 0 bridgehead atoms. The number of benzene rings is 1. The molecule has 1 atom stereocenters. The van der Waals surface area contributed by atoms with Crippen molar-refractivity contribution in [2.75, 3.05) is 7.11 Å². The topological polar surface area (TPSA) is 76.0 Å². The number of aromatic nitrogens is 4. The first-order valence-corrected chi connectivity index (χ1v) is 9.48. The van der Waals surface area contributed by atoms with Gasteiger partial charge in [0.1, 0.15) is 5.75 Å². The van der Waals surface area contributed by atoms with Crippen LogP contribution in [0.3, 0.4) is 0 Å². The van der Waals surface area contributed by atoms with Crippen LogP contribution in [0.4, 0.5) is 0 Å². The molecule has 138 valence electrons. The van der Waals surface area contributed by atoms with Crippen LogP contribution in [0.2, 0.25) is 0 Å². The van der Waals surface area contributed by atoms with Crippen LogP contribution >= 0.6 is 0 Å². The number of aliphatic hydroxyl groups is 1. The van der Waals surface area contributed by atoms with Gasteiger partial charge in [0.2, 0.25) is 0 Å². The van der Waals surface area contributed by atoms with E-state index in [1.807, 2.05) is 29.8 Å². The first-order valence-electron chi connectivity index (χ1n) is 9.48. The van der Waals surface area contributed by atoms with Gasteiger partial charge in [-0.1, -0.05) is 19.8 Å². The molecule has 3 aromatic rings. The van der Waals surface area contributed by atoms with Crippen molar-refractivity contribution in [3.8, 4) is 17.3 Å². The minimum absolute atomic E-state index is 0.420. The number of hydrogen-bond donors (Lipinski definition) is 2. The molecule has 0 unspecified atom stereocenters. The van der Waals surface area contributed by atoms with Crippen LogP contribution < -0.4 is 4.74 Å². The first-order chi connectivity index (χ1) is 12.7. The molecule has 0 spiro atoms. The molecular weight excluding hydrogens is 328 g/mol. The zero-order chi connectivity index (χ0) is 18.1. The number of nitrogens with one attached hydrogen (secondary N) is 1. The van der Waals surface area contributed by atoms with Crippen molar-refractivity contribution in [2.45, 2.75) is 57.6 Å². The zero-order valence-electron chi connectivity index (χ0n) is 15.4. The van der Waals surface area contributed by atoms with Crippen molar-refractivity contribution in [3.05, 3.63) is 30.1 Å². The number of hydrogen-bond acceptors (Lipinski definition) is 4. The predicted octanol–water partition coefficient (Wildman–Crippen LogP) is 3.86. The van der Waals surface area contributed by atoms with Crippen LogP contribution in [-0.4, -0.2) is 38.1 Å². The average molecular weight is 354 g/mol. The second-order valence-corrected chi connectivity index (χ2v) is 7.16. The molecule has 2 N–H and O–H groups in total. The smallest absolute Gasteiger partial charge is 0.174 e. The highest BCUT2D eigenvalue weighted by Crippen LogP contribution is 2.34. The summed E-state index contributed by atoms with van der Waals surface area (Å²) in [4.78, 5) is 8.30. The minimum atomic E-state index is -0.420. The predicted molar refractivity (Wildman–Crippen MR) is 101 cm³/mol. The lowest BCUT2D eigenvalue weighted by atomic mass is 10.1. The second-order valence-electron chi connectivity index (χ2n) is 7.16. The fourth-order valence-corrected chi connectivity index (χ4v) is 3.73. The van der Waals surface area contributed by atoms with Crippen molar-refractivity contribution in [1.82, 2.24) is 19.7 Å². The van der Waals surface area contributed by atoms with Crippen LogP contribution in [0.5, 0.6) is 5.75 Å². The Morgan fingerprint density at radius 2 is 2.12 bits per heavy atom. The standard InChI is InChI=1S/C20H26N4O2/c1-3-15(25)12-24-20(22-19(23-24)13-6-4-5-7-13)18-11-14-10-16(26-2)8-9-17(14)21-18/h8-11,13,15,21,25H,3-7,12H2,1-2H3/t15-/m0/s1. The van der Waals surface area contributed by atoms with Crippen LogP contribution in [0.25, 0.3) is 22.4 Å². The maximum atomic E-state index is 10.2. The third-order valence-corrected chi connectivity index (χ3v) is 5.33. The first kappa shape index (κ1) is 17.1. The summed E-state index contributed by atoms with van der Waals surface area (Å²) in [5.41, 5.74) is 1.96. The summed E-state index contributed by atoms with van der Waals surface area (Å²) in [6.07, 6.45) is 5.09. The largest absolute Gasteiger partial charge is 0.497 e. The Morgan fingerprint density at radius 1 is 1.31 bits per heavy atom. The van der Waals surface area contributed by atoms with Crippen LogP contribution in [0, 0.1) is 0 Å². The molecule has 1 aromatic carbocycles. The Balaban J connectivity index is 1.75. The van der Waals surface area contributed by atoms with Gasteiger partial charge in [-0.3, -0.25) is 0 Å². The van der Waals surface area contributed by atoms with E-state index in [1.54, 1.807) is 7.11 Å². The Hall–Kier alpha value is -2.34. The molecule has 1 fully saturated rings. The summed E-state index contributed by atoms with van der Waals surface area (Å²) < 4.78 is 7.18. The molecule has 0 radical (unpaired) electrons. The number of rotatable bonds is 6. The van der Waals surface area contributed by atoms with Crippen LogP contribution in [0.15, 0.2) is 24.3 Å². The third-order valence-electron chi connectivity index (χ3n) is 5.33. The van der Waals surface area contributed by atoms with Gasteiger partial charge < -0.3 is 14.8 Å². The molecule has 1 saturated carbocycles. The highest BCUT2D eigenvalue weighted by molar-refractivity contribution is 5.86. The number of ether oxygens (including phenoxy) is 1. The Morgan fingerprint density at radius 3 is 2.85 bits per heavy atom. The molecule has 2 aromatic heterocycles. The third kappa shape index (κ3) is 3.21. The van der Waals surface area contributed by atoms with Gasteiger partial charge in [0.25, 0.3) is 0 Å². The van der Waals surface area contributed by atoms with E-state index in [2.05, 4.69) is 11.1 Å². The van der Waals surface area contributed by atoms with E-state index in [9.17, 15) is 5.11 Å². The van der Waals surface area contributed by atoms with Crippen molar-refractivity contribution in [3.63, 3.8) is 0 Å². The maximum Gasteiger partial charge on any atom is 0.174 e. The molecule has 26 heavy (non-hydrogen) atoms. The lowest BCUT2D eigenvalue weighted by Crippen LogP contribution is -2.17. The minimum Gasteiger partial charge on any atom is -0.497 e. The molecule has 2 heterocycles. The number of aliphatic hydroxyl groups excluding tert-OH is 1. The quantitative estimate of drug-likeness (QED) is 0.705. The molecule has 0 saturated heterocycles. The average Bonchev–Trinajstić information content (AvgIpc) is 3.39. The monoisotopic (exact) mass is 354 g/mol. The van der Waals surface area contributed by atoms with E-state index in [0.717, 1.165) is 46.8 Å². The Bertz CT molecular complexity index is 892. The van der Waals surface area contributed by atoms with Crippen molar-refractivity contribution < 1.29 is 9.84 Å². The molecule has 0 amide bonds. The fourth-order valence-electron chi connectivity index (χ4n) is 3.73. The van der Waals surface area contributed by atoms with Gasteiger partial charge in [0, 0.05) is 16.8 Å². The van der Waals surface area contributed by atoms with Crippen molar-refractivity contribution >= 4 is 10.9 Å². The molecule has 4 rings (SSSR count). The van der Waals surface area contributed by atoms with Gasteiger partial charge in [-0.05, 0) is 43.5 Å². The molecule has 6 heteroatoms. The molecule has 0 aliphatic heterocycles. The maximum absolute atomic E-state index is 10.2. The second kappa shape index (κ2) is 7.11. The number of nitrogens with zero attached hydrogens (tertiary/aromatic N) is 3. The summed E-state index contributed by atoms with van der Waals surface area (Å²) in [6, 6.07) is 8.04. The fraction of sp³-hybridized carbons (Fsp3) is 0.500. The van der Waals surface area contributed by atoms with E-state index >= 15 is 0 Å². The van der Waals surface area contributed by atoms with Crippen molar-refractivity contribution in [1.29, 1.82) is 0 Å². The SMILES string of the molecule is CC[C@H](O)Cn1nc(C2CCCC2)nc1-c1cc2cc(OC)ccc2[nH]1. The summed E-state index contributed by atoms with van der Waals surface area (Å²) in [5.74, 6) is 2.99. The number of aromatic amines is 1. The summed E-state index contributed by atoms with van der Waals surface area (Å²) in [6.45, 7) is 2.44. The Labute approximate surface area is 153 Å². The van der Waals surface area contributed by atoms with E-state index in [0.29, 0.717) is 18.9 Å². The molecule has 6 nitrogen and oxygen atoms in total. The van der Waals surface area contributed by atoms with E-state index in [1.165, 1.54) is 12.8 Å². The lowest BCUT2D eigenvalue weighted by molar-refractivity contribution is 0.145. The summed E-state index contributed by atoms with van der Waals surface area (Å²) >= 11 is 0.